The van der Waals surface area contributed by atoms with Crippen molar-refractivity contribution in [2.45, 2.75) is 33.2 Å². The minimum Gasteiger partial charge on any atom is -0.497 e. The molecule has 2 aromatic rings. The van der Waals surface area contributed by atoms with Crippen molar-refractivity contribution in [3.63, 3.8) is 0 Å². The van der Waals surface area contributed by atoms with E-state index in [2.05, 4.69) is 10.3 Å². The van der Waals surface area contributed by atoms with E-state index in [4.69, 9.17) is 4.74 Å². The Balaban J connectivity index is 2.14. The van der Waals surface area contributed by atoms with Crippen molar-refractivity contribution >= 4 is 17.2 Å². The third-order valence-electron chi connectivity index (χ3n) is 3.29. The molecule has 0 radical (unpaired) electrons. The van der Waals surface area contributed by atoms with E-state index < -0.39 is 23.1 Å². The van der Waals surface area contributed by atoms with Crippen molar-refractivity contribution in [2.75, 3.05) is 7.11 Å². The van der Waals surface area contributed by atoms with Crippen molar-refractivity contribution in [1.29, 1.82) is 0 Å². The highest BCUT2D eigenvalue weighted by Crippen LogP contribution is 2.25. The van der Waals surface area contributed by atoms with Crippen LogP contribution in [0, 0.1) is 18.6 Å². The number of hydrogen-bond donors (Lipinski definition) is 1. The standard InChI is InChI=1S/C16H18F2N2O2S/c1-8(2)16-20-9(3)13(23-16)7-19-15(21)14-11(17)5-10(22-4)6-12(14)18/h5-6,8H,7H2,1-4H3,(H,19,21). The third kappa shape index (κ3) is 3.85. The predicted octanol–water partition coefficient (Wildman–Crippen LogP) is 3.79. The van der Waals surface area contributed by atoms with Crippen LogP contribution in [0.2, 0.25) is 0 Å². The number of rotatable bonds is 5. The first-order valence-corrected chi connectivity index (χ1v) is 7.92. The van der Waals surface area contributed by atoms with Crippen LogP contribution in [0.5, 0.6) is 5.75 Å². The zero-order valence-electron chi connectivity index (χ0n) is 13.4. The van der Waals surface area contributed by atoms with Gasteiger partial charge in [-0.3, -0.25) is 4.79 Å². The Morgan fingerprint density at radius 3 is 2.43 bits per heavy atom. The molecule has 1 N–H and O–H groups in total. The maximum absolute atomic E-state index is 13.9. The molecule has 0 bridgehead atoms. The lowest BCUT2D eigenvalue weighted by Crippen LogP contribution is -2.25. The van der Waals surface area contributed by atoms with Crippen molar-refractivity contribution in [1.82, 2.24) is 10.3 Å². The molecule has 0 aliphatic carbocycles. The Morgan fingerprint density at radius 1 is 1.35 bits per heavy atom. The normalized spacial score (nSPS) is 10.9. The van der Waals surface area contributed by atoms with Crippen LogP contribution < -0.4 is 10.1 Å². The van der Waals surface area contributed by atoms with Crippen LogP contribution in [0.4, 0.5) is 8.78 Å². The first-order chi connectivity index (χ1) is 10.8. The molecular weight excluding hydrogens is 322 g/mol. The zero-order chi connectivity index (χ0) is 17.1. The van der Waals surface area contributed by atoms with Gasteiger partial charge in [-0.2, -0.15) is 0 Å². The smallest absolute Gasteiger partial charge is 0.257 e. The summed E-state index contributed by atoms with van der Waals surface area (Å²) in [6.07, 6.45) is 0. The van der Waals surface area contributed by atoms with Gasteiger partial charge in [0.15, 0.2) is 0 Å². The number of methoxy groups -OCH3 is 1. The van der Waals surface area contributed by atoms with Crippen LogP contribution in [-0.2, 0) is 6.54 Å². The molecule has 0 unspecified atom stereocenters. The molecule has 1 aromatic heterocycles. The third-order valence-corrected chi connectivity index (χ3v) is 4.75. The van der Waals surface area contributed by atoms with Gasteiger partial charge < -0.3 is 10.1 Å². The SMILES string of the molecule is COc1cc(F)c(C(=O)NCc2sc(C(C)C)nc2C)c(F)c1. The molecule has 23 heavy (non-hydrogen) atoms. The number of benzene rings is 1. The quantitative estimate of drug-likeness (QED) is 0.901. The Hall–Kier alpha value is -2.02. The summed E-state index contributed by atoms with van der Waals surface area (Å²) in [5.41, 5.74) is 0.201. The fourth-order valence-electron chi connectivity index (χ4n) is 2.00. The minimum atomic E-state index is -0.955. The van der Waals surface area contributed by atoms with Gasteiger partial charge in [-0.15, -0.1) is 11.3 Å². The second kappa shape index (κ2) is 7.04. The summed E-state index contributed by atoms with van der Waals surface area (Å²) in [6.45, 7) is 6.09. The van der Waals surface area contributed by atoms with Crippen molar-refractivity contribution in [3.05, 3.63) is 44.9 Å². The Morgan fingerprint density at radius 2 is 1.96 bits per heavy atom. The topological polar surface area (TPSA) is 51.2 Å². The van der Waals surface area contributed by atoms with Gasteiger partial charge in [0.05, 0.1) is 24.4 Å². The predicted molar refractivity (Wildman–Crippen MR) is 85.0 cm³/mol. The average Bonchev–Trinajstić information content (AvgIpc) is 2.85. The van der Waals surface area contributed by atoms with Gasteiger partial charge in [0.1, 0.15) is 22.9 Å². The monoisotopic (exact) mass is 340 g/mol. The highest BCUT2D eigenvalue weighted by Gasteiger charge is 2.20. The minimum absolute atomic E-state index is 0.0245. The number of aryl methyl sites for hydroxylation is 1. The number of aromatic nitrogens is 1. The number of carbonyl (C=O) groups is 1. The summed E-state index contributed by atoms with van der Waals surface area (Å²) in [4.78, 5) is 17.4. The summed E-state index contributed by atoms with van der Waals surface area (Å²) >= 11 is 1.49. The van der Waals surface area contributed by atoms with Crippen LogP contribution in [0.3, 0.4) is 0 Å². The van der Waals surface area contributed by atoms with Gasteiger partial charge in [-0.05, 0) is 6.92 Å². The number of thiazole rings is 1. The summed E-state index contributed by atoms with van der Waals surface area (Å²) in [7, 11) is 1.30. The Labute approximate surface area is 137 Å². The summed E-state index contributed by atoms with van der Waals surface area (Å²) in [5, 5.41) is 3.50. The lowest BCUT2D eigenvalue weighted by Gasteiger charge is -2.08. The molecule has 0 fully saturated rings. The number of nitrogens with zero attached hydrogens (tertiary/aromatic N) is 1. The molecule has 2 rings (SSSR count). The molecule has 7 heteroatoms. The number of carbonyl (C=O) groups excluding carboxylic acids is 1. The largest absolute Gasteiger partial charge is 0.497 e. The van der Waals surface area contributed by atoms with Gasteiger partial charge in [0.2, 0.25) is 0 Å². The van der Waals surface area contributed by atoms with Crippen LogP contribution in [-0.4, -0.2) is 18.0 Å². The van der Waals surface area contributed by atoms with Crippen LogP contribution in [0.15, 0.2) is 12.1 Å². The molecular formula is C16H18F2N2O2S. The summed E-state index contributed by atoms with van der Waals surface area (Å²) < 4.78 is 32.5. The fourth-order valence-corrected chi connectivity index (χ4v) is 3.00. The van der Waals surface area contributed by atoms with E-state index in [9.17, 15) is 13.6 Å². The first-order valence-electron chi connectivity index (χ1n) is 7.11. The van der Waals surface area contributed by atoms with Gasteiger partial charge in [-0.25, -0.2) is 13.8 Å². The number of hydrogen-bond acceptors (Lipinski definition) is 4. The summed E-state index contributed by atoms with van der Waals surface area (Å²) in [5.74, 6) is -2.40. The molecule has 124 valence electrons. The first kappa shape index (κ1) is 17.3. The van der Waals surface area contributed by atoms with E-state index in [1.165, 1.54) is 18.4 Å². The van der Waals surface area contributed by atoms with E-state index in [0.717, 1.165) is 27.7 Å². The molecule has 1 heterocycles. The number of amides is 1. The molecule has 0 atom stereocenters. The maximum atomic E-state index is 13.9. The molecule has 0 aliphatic rings. The second-order valence-electron chi connectivity index (χ2n) is 5.36. The Bertz CT molecular complexity index is 706. The number of halogens is 2. The van der Waals surface area contributed by atoms with Crippen molar-refractivity contribution in [2.24, 2.45) is 0 Å². The van der Waals surface area contributed by atoms with Crippen LogP contribution in [0.25, 0.3) is 0 Å². The molecule has 4 nitrogen and oxygen atoms in total. The van der Waals surface area contributed by atoms with E-state index in [1.807, 2.05) is 20.8 Å². The molecule has 1 aromatic carbocycles. The van der Waals surface area contributed by atoms with E-state index >= 15 is 0 Å². The van der Waals surface area contributed by atoms with Gasteiger partial charge in [0, 0.05) is 22.9 Å². The lowest BCUT2D eigenvalue weighted by molar-refractivity contribution is 0.0942. The molecule has 0 spiro atoms. The van der Waals surface area contributed by atoms with E-state index in [0.29, 0.717) is 5.92 Å². The van der Waals surface area contributed by atoms with Gasteiger partial charge in [0.25, 0.3) is 5.91 Å². The summed E-state index contributed by atoms with van der Waals surface area (Å²) in [6, 6.07) is 1.96. The van der Waals surface area contributed by atoms with Crippen LogP contribution >= 0.6 is 11.3 Å². The fraction of sp³-hybridized carbons (Fsp3) is 0.375. The maximum Gasteiger partial charge on any atom is 0.257 e. The second-order valence-corrected chi connectivity index (χ2v) is 6.48. The molecule has 0 saturated carbocycles. The highest BCUT2D eigenvalue weighted by atomic mass is 32.1. The Kier molecular flexibility index (Phi) is 5.30. The average molecular weight is 340 g/mol. The van der Waals surface area contributed by atoms with Gasteiger partial charge in [-0.1, -0.05) is 13.8 Å². The molecule has 1 amide bonds. The van der Waals surface area contributed by atoms with E-state index in [1.54, 1.807) is 0 Å². The van der Waals surface area contributed by atoms with Crippen molar-refractivity contribution in [3.8, 4) is 5.75 Å². The lowest BCUT2D eigenvalue weighted by atomic mass is 10.1. The highest BCUT2D eigenvalue weighted by molar-refractivity contribution is 7.11. The zero-order valence-corrected chi connectivity index (χ0v) is 14.2. The number of nitrogens with one attached hydrogen (secondary N) is 1. The van der Waals surface area contributed by atoms with Crippen LogP contribution in [0.1, 0.15) is 45.7 Å². The molecule has 0 aliphatic heterocycles. The van der Waals surface area contributed by atoms with Crippen molar-refractivity contribution < 1.29 is 18.3 Å². The van der Waals surface area contributed by atoms with Gasteiger partial charge >= 0.3 is 0 Å². The number of ether oxygens (including phenoxy) is 1. The van der Waals surface area contributed by atoms with E-state index in [-0.39, 0.29) is 12.3 Å². The molecule has 0 saturated heterocycles.